The van der Waals surface area contributed by atoms with Gasteiger partial charge >= 0.3 is 5.97 Å². The monoisotopic (exact) mass is 226 g/mol. The minimum atomic E-state index is -0.350. The molecule has 1 fully saturated rings. The van der Waals surface area contributed by atoms with Crippen LogP contribution in [0.3, 0.4) is 0 Å². The van der Waals surface area contributed by atoms with Crippen LogP contribution in [0.2, 0.25) is 0 Å². The average molecular weight is 226 g/mol. The number of carbonyl (C=O) groups is 2. The fraction of sp³-hybridized carbons (Fsp3) is 0.636. The van der Waals surface area contributed by atoms with Gasteiger partial charge in [-0.25, -0.2) is 4.79 Å². The molecule has 1 heterocycles. The first kappa shape index (κ1) is 12.7. The van der Waals surface area contributed by atoms with Gasteiger partial charge < -0.3 is 15.4 Å². The minimum absolute atomic E-state index is 0.0378. The second kappa shape index (κ2) is 7.00. The van der Waals surface area contributed by atoms with Crippen LogP contribution >= 0.6 is 0 Å². The zero-order valence-corrected chi connectivity index (χ0v) is 9.49. The third kappa shape index (κ3) is 4.44. The van der Waals surface area contributed by atoms with Crippen molar-refractivity contribution in [1.82, 2.24) is 10.6 Å². The molecule has 1 unspecified atom stereocenters. The van der Waals surface area contributed by atoms with E-state index in [1.54, 1.807) is 13.0 Å². The van der Waals surface area contributed by atoms with Crippen LogP contribution in [0.5, 0.6) is 0 Å². The lowest BCUT2D eigenvalue weighted by atomic mass is 10.1. The molecule has 1 aliphatic heterocycles. The molecular formula is C11H18N2O3. The van der Waals surface area contributed by atoms with E-state index in [1.165, 1.54) is 6.08 Å². The largest absolute Gasteiger partial charge is 0.463 e. The van der Waals surface area contributed by atoms with Gasteiger partial charge in [-0.2, -0.15) is 0 Å². The SMILES string of the molecule is CCOC(=O)/C=C/CNC1CCCNC1=O. The van der Waals surface area contributed by atoms with Gasteiger partial charge in [-0.15, -0.1) is 0 Å². The molecule has 90 valence electrons. The van der Waals surface area contributed by atoms with E-state index in [2.05, 4.69) is 10.6 Å². The molecule has 5 heteroatoms. The number of amides is 1. The Morgan fingerprint density at radius 1 is 1.69 bits per heavy atom. The first-order chi connectivity index (χ1) is 7.74. The van der Waals surface area contributed by atoms with E-state index in [-0.39, 0.29) is 17.9 Å². The Morgan fingerprint density at radius 3 is 3.19 bits per heavy atom. The molecule has 0 aromatic rings. The molecule has 2 N–H and O–H groups in total. The summed E-state index contributed by atoms with van der Waals surface area (Å²) in [4.78, 5) is 22.3. The van der Waals surface area contributed by atoms with Crippen molar-refractivity contribution in [2.75, 3.05) is 19.7 Å². The average Bonchev–Trinajstić information content (AvgIpc) is 2.27. The van der Waals surface area contributed by atoms with E-state index in [0.717, 1.165) is 19.4 Å². The predicted octanol–water partition coefficient (Wildman–Crippen LogP) is -0.0261. The number of piperidine rings is 1. The summed E-state index contributed by atoms with van der Waals surface area (Å²) in [5, 5.41) is 5.85. The van der Waals surface area contributed by atoms with Gasteiger partial charge in [0.1, 0.15) is 0 Å². The molecule has 0 spiro atoms. The molecule has 0 aliphatic carbocycles. The van der Waals surface area contributed by atoms with Gasteiger partial charge in [-0.3, -0.25) is 4.79 Å². The van der Waals surface area contributed by atoms with Gasteiger partial charge in [-0.1, -0.05) is 6.08 Å². The highest BCUT2D eigenvalue weighted by atomic mass is 16.5. The van der Waals surface area contributed by atoms with E-state index < -0.39 is 0 Å². The van der Waals surface area contributed by atoms with Gasteiger partial charge in [0.15, 0.2) is 0 Å². The quantitative estimate of drug-likeness (QED) is 0.510. The first-order valence-electron chi connectivity index (χ1n) is 5.58. The number of hydrogen-bond donors (Lipinski definition) is 2. The summed E-state index contributed by atoms with van der Waals surface area (Å²) in [7, 11) is 0. The summed E-state index contributed by atoms with van der Waals surface area (Å²) in [6, 6.07) is -0.138. The Morgan fingerprint density at radius 2 is 2.50 bits per heavy atom. The summed E-state index contributed by atoms with van der Waals surface area (Å²) in [6.45, 7) is 3.39. The Labute approximate surface area is 95.2 Å². The van der Waals surface area contributed by atoms with Gasteiger partial charge in [-0.05, 0) is 19.8 Å². The maximum atomic E-state index is 11.3. The highest BCUT2D eigenvalue weighted by molar-refractivity contribution is 5.83. The zero-order chi connectivity index (χ0) is 11.8. The number of carbonyl (C=O) groups excluding carboxylic acids is 2. The van der Waals surface area contributed by atoms with Crippen LogP contribution in [0.25, 0.3) is 0 Å². The number of hydrogen-bond acceptors (Lipinski definition) is 4. The maximum Gasteiger partial charge on any atom is 0.330 e. The highest BCUT2D eigenvalue weighted by Gasteiger charge is 2.20. The second-order valence-corrected chi connectivity index (χ2v) is 3.55. The van der Waals surface area contributed by atoms with E-state index in [4.69, 9.17) is 4.74 Å². The number of rotatable bonds is 5. The lowest BCUT2D eigenvalue weighted by molar-refractivity contribution is -0.137. The molecule has 1 aliphatic rings. The fourth-order valence-electron chi connectivity index (χ4n) is 1.52. The third-order valence-corrected chi connectivity index (χ3v) is 2.31. The van der Waals surface area contributed by atoms with Crippen molar-refractivity contribution in [3.05, 3.63) is 12.2 Å². The van der Waals surface area contributed by atoms with Crippen LogP contribution in [0.4, 0.5) is 0 Å². The van der Waals surface area contributed by atoms with Crippen LogP contribution in [0, 0.1) is 0 Å². The van der Waals surface area contributed by atoms with Crippen LogP contribution in [-0.2, 0) is 14.3 Å². The van der Waals surface area contributed by atoms with E-state index in [1.807, 2.05) is 0 Å². The van der Waals surface area contributed by atoms with Gasteiger partial charge in [0.05, 0.1) is 12.6 Å². The molecule has 0 saturated carbocycles. The van der Waals surface area contributed by atoms with Gasteiger partial charge in [0.2, 0.25) is 5.91 Å². The zero-order valence-electron chi connectivity index (χ0n) is 9.49. The molecule has 1 rings (SSSR count). The lowest BCUT2D eigenvalue weighted by Gasteiger charge is -2.22. The second-order valence-electron chi connectivity index (χ2n) is 3.55. The van der Waals surface area contributed by atoms with Gasteiger partial charge in [0.25, 0.3) is 0 Å². The van der Waals surface area contributed by atoms with Gasteiger partial charge in [0, 0.05) is 19.2 Å². The third-order valence-electron chi connectivity index (χ3n) is 2.31. The van der Waals surface area contributed by atoms with Crippen molar-refractivity contribution < 1.29 is 14.3 Å². The summed E-state index contributed by atoms with van der Waals surface area (Å²) in [5.74, 6) is -0.312. The fourth-order valence-corrected chi connectivity index (χ4v) is 1.52. The van der Waals surface area contributed by atoms with Crippen molar-refractivity contribution in [3.8, 4) is 0 Å². The smallest absolute Gasteiger partial charge is 0.330 e. The highest BCUT2D eigenvalue weighted by Crippen LogP contribution is 2.02. The molecular weight excluding hydrogens is 208 g/mol. The maximum absolute atomic E-state index is 11.3. The lowest BCUT2D eigenvalue weighted by Crippen LogP contribution is -2.48. The van der Waals surface area contributed by atoms with Crippen molar-refractivity contribution in [3.63, 3.8) is 0 Å². The minimum Gasteiger partial charge on any atom is -0.463 e. The number of esters is 1. The predicted molar refractivity (Wildman–Crippen MR) is 59.8 cm³/mol. The van der Waals surface area contributed by atoms with Crippen LogP contribution in [0.1, 0.15) is 19.8 Å². The summed E-state index contributed by atoms with van der Waals surface area (Å²) >= 11 is 0. The molecule has 5 nitrogen and oxygen atoms in total. The van der Waals surface area contributed by atoms with Crippen molar-refractivity contribution in [2.24, 2.45) is 0 Å². The Kier molecular flexibility index (Phi) is 5.56. The van der Waals surface area contributed by atoms with Crippen LogP contribution in [-0.4, -0.2) is 37.6 Å². The Bertz CT molecular complexity index is 276. The number of nitrogens with one attached hydrogen (secondary N) is 2. The molecule has 1 amide bonds. The van der Waals surface area contributed by atoms with E-state index in [0.29, 0.717) is 13.2 Å². The first-order valence-corrected chi connectivity index (χ1v) is 5.58. The summed E-state index contributed by atoms with van der Waals surface area (Å²) in [5.41, 5.74) is 0. The van der Waals surface area contributed by atoms with E-state index in [9.17, 15) is 9.59 Å². The van der Waals surface area contributed by atoms with Crippen LogP contribution in [0.15, 0.2) is 12.2 Å². The molecule has 0 aromatic carbocycles. The molecule has 0 bridgehead atoms. The molecule has 1 saturated heterocycles. The standard InChI is InChI=1S/C11H18N2O3/c1-2-16-10(14)6-4-7-12-9-5-3-8-13-11(9)15/h4,6,9,12H,2-3,5,7-8H2,1H3,(H,13,15)/b6-4+. The van der Waals surface area contributed by atoms with Crippen molar-refractivity contribution in [1.29, 1.82) is 0 Å². The molecule has 1 atom stereocenters. The Hall–Kier alpha value is -1.36. The van der Waals surface area contributed by atoms with Crippen LogP contribution < -0.4 is 10.6 Å². The topological polar surface area (TPSA) is 67.4 Å². The molecule has 16 heavy (non-hydrogen) atoms. The summed E-state index contributed by atoms with van der Waals surface area (Å²) in [6.07, 6.45) is 4.88. The normalized spacial score (nSPS) is 20.8. The van der Waals surface area contributed by atoms with Crippen molar-refractivity contribution in [2.45, 2.75) is 25.8 Å². The molecule has 0 aromatic heterocycles. The summed E-state index contributed by atoms with van der Waals surface area (Å²) < 4.78 is 4.72. The van der Waals surface area contributed by atoms with Crippen molar-refractivity contribution >= 4 is 11.9 Å². The molecule has 0 radical (unpaired) electrons. The number of ether oxygens (including phenoxy) is 1. The Balaban J connectivity index is 2.19. The van der Waals surface area contributed by atoms with E-state index >= 15 is 0 Å².